The first-order chi connectivity index (χ1) is 18.3. The van der Waals surface area contributed by atoms with Gasteiger partial charge in [0.2, 0.25) is 0 Å². The molecule has 0 aliphatic carbocycles. The fraction of sp³-hybridized carbons (Fsp3) is 0.276. The number of benzene rings is 1. The molecule has 196 valence electrons. The zero-order valence-electron chi connectivity index (χ0n) is 21.3. The number of carbonyl (C=O) groups is 2. The monoisotopic (exact) mass is 514 g/mol. The molecule has 0 fully saturated rings. The van der Waals surface area contributed by atoms with Gasteiger partial charge in [-0.2, -0.15) is 0 Å². The molecule has 4 rings (SSSR count). The number of carbonyl (C=O) groups excluding carboxylic acids is 1. The lowest BCUT2D eigenvalue weighted by atomic mass is 9.87. The van der Waals surface area contributed by atoms with Crippen LogP contribution in [-0.4, -0.2) is 43.6 Å². The molecule has 9 nitrogen and oxygen atoms in total. The van der Waals surface area contributed by atoms with E-state index in [1.54, 1.807) is 24.5 Å². The normalized spacial score (nSPS) is 11.1. The maximum absolute atomic E-state index is 13.6. The van der Waals surface area contributed by atoms with Crippen LogP contribution in [0.25, 0.3) is 33.3 Å². The van der Waals surface area contributed by atoms with Crippen LogP contribution in [0.3, 0.4) is 0 Å². The SMILES string of the molecule is CCC(CC)Cc1c(-c2ccccc2)c(=O)[nH]c2c(-c3ccncc3)nc(C(=O)NCCC(=O)O)c(O)c12. The van der Waals surface area contributed by atoms with Crippen molar-refractivity contribution in [3.05, 3.63) is 76.5 Å². The lowest BCUT2D eigenvalue weighted by Crippen LogP contribution is -2.27. The number of rotatable bonds is 10. The van der Waals surface area contributed by atoms with Crippen LogP contribution in [0.2, 0.25) is 0 Å². The van der Waals surface area contributed by atoms with Crippen LogP contribution in [0.15, 0.2) is 59.7 Å². The summed E-state index contributed by atoms with van der Waals surface area (Å²) < 4.78 is 0. The predicted molar refractivity (Wildman–Crippen MR) is 145 cm³/mol. The Morgan fingerprint density at radius 1 is 1.03 bits per heavy atom. The fourth-order valence-corrected chi connectivity index (χ4v) is 4.65. The minimum atomic E-state index is -1.06. The summed E-state index contributed by atoms with van der Waals surface area (Å²) in [6.07, 6.45) is 5.11. The summed E-state index contributed by atoms with van der Waals surface area (Å²) in [5, 5.41) is 23.4. The zero-order valence-corrected chi connectivity index (χ0v) is 21.3. The molecule has 0 saturated carbocycles. The van der Waals surface area contributed by atoms with E-state index in [-0.39, 0.29) is 35.9 Å². The quantitative estimate of drug-likeness (QED) is 0.243. The molecular formula is C29H30N4O5. The third-order valence-electron chi connectivity index (χ3n) is 6.74. The van der Waals surface area contributed by atoms with Gasteiger partial charge in [0, 0.05) is 29.9 Å². The van der Waals surface area contributed by atoms with Gasteiger partial charge in [-0.25, -0.2) is 4.98 Å². The van der Waals surface area contributed by atoms with Gasteiger partial charge in [0.05, 0.1) is 23.2 Å². The highest BCUT2D eigenvalue weighted by Gasteiger charge is 2.26. The first-order valence-corrected chi connectivity index (χ1v) is 12.6. The minimum absolute atomic E-state index is 0.126. The molecule has 0 radical (unpaired) electrons. The van der Waals surface area contributed by atoms with E-state index < -0.39 is 11.9 Å². The molecule has 4 aromatic rings. The number of nitrogens with one attached hydrogen (secondary N) is 2. The van der Waals surface area contributed by atoms with E-state index in [0.29, 0.717) is 45.3 Å². The number of carboxylic acids is 1. The van der Waals surface area contributed by atoms with E-state index in [4.69, 9.17) is 5.11 Å². The molecule has 0 unspecified atom stereocenters. The second-order valence-electron chi connectivity index (χ2n) is 9.10. The van der Waals surface area contributed by atoms with Gasteiger partial charge in [-0.05, 0) is 35.6 Å². The summed E-state index contributed by atoms with van der Waals surface area (Å²) in [6.45, 7) is 4.03. The average Bonchev–Trinajstić information content (AvgIpc) is 2.92. The second-order valence-corrected chi connectivity index (χ2v) is 9.10. The van der Waals surface area contributed by atoms with Crippen LogP contribution in [0.5, 0.6) is 5.75 Å². The molecule has 9 heteroatoms. The Hall–Kier alpha value is -4.53. The highest BCUT2D eigenvalue weighted by atomic mass is 16.4. The molecule has 0 spiro atoms. The van der Waals surface area contributed by atoms with Crippen LogP contribution in [0, 0.1) is 5.92 Å². The third kappa shape index (κ3) is 5.41. The summed E-state index contributed by atoms with van der Waals surface area (Å²) in [4.78, 5) is 49.1. The lowest BCUT2D eigenvalue weighted by Gasteiger charge is -2.20. The van der Waals surface area contributed by atoms with Crippen molar-refractivity contribution >= 4 is 22.8 Å². The smallest absolute Gasteiger partial charge is 0.305 e. The van der Waals surface area contributed by atoms with Gasteiger partial charge in [0.25, 0.3) is 11.5 Å². The second kappa shape index (κ2) is 11.7. The number of aromatic hydroxyl groups is 1. The Balaban J connectivity index is 2.08. The van der Waals surface area contributed by atoms with Crippen molar-refractivity contribution in [3.8, 4) is 28.1 Å². The van der Waals surface area contributed by atoms with E-state index in [1.807, 2.05) is 30.3 Å². The molecule has 0 saturated heterocycles. The molecule has 3 heterocycles. The number of hydrogen-bond acceptors (Lipinski definition) is 6. The Bertz CT molecular complexity index is 1510. The van der Waals surface area contributed by atoms with Crippen molar-refractivity contribution in [2.24, 2.45) is 5.92 Å². The van der Waals surface area contributed by atoms with Crippen molar-refractivity contribution in [1.82, 2.24) is 20.3 Å². The maximum atomic E-state index is 13.6. The summed E-state index contributed by atoms with van der Waals surface area (Å²) in [5.41, 5.74) is 2.44. The van der Waals surface area contributed by atoms with Crippen LogP contribution in [0.4, 0.5) is 0 Å². The van der Waals surface area contributed by atoms with Crippen molar-refractivity contribution in [2.75, 3.05) is 6.54 Å². The predicted octanol–water partition coefficient (Wildman–Crippen LogP) is 4.54. The molecule has 0 aliphatic heterocycles. The van der Waals surface area contributed by atoms with Crippen molar-refractivity contribution in [2.45, 2.75) is 39.5 Å². The van der Waals surface area contributed by atoms with E-state index in [2.05, 4.69) is 34.1 Å². The van der Waals surface area contributed by atoms with Crippen LogP contribution in [-0.2, 0) is 11.2 Å². The van der Waals surface area contributed by atoms with Gasteiger partial charge < -0.3 is 20.5 Å². The fourth-order valence-electron chi connectivity index (χ4n) is 4.65. The molecule has 0 aliphatic rings. The number of H-pyrrole nitrogens is 1. The largest absolute Gasteiger partial charge is 0.505 e. The Kier molecular flexibility index (Phi) is 8.15. The van der Waals surface area contributed by atoms with Crippen LogP contribution in [0.1, 0.15) is 49.2 Å². The van der Waals surface area contributed by atoms with Gasteiger partial charge in [-0.1, -0.05) is 57.0 Å². The van der Waals surface area contributed by atoms with E-state index in [0.717, 1.165) is 12.8 Å². The Morgan fingerprint density at radius 3 is 2.34 bits per heavy atom. The lowest BCUT2D eigenvalue weighted by molar-refractivity contribution is -0.136. The molecule has 0 atom stereocenters. The van der Waals surface area contributed by atoms with Gasteiger partial charge in [-0.3, -0.25) is 19.4 Å². The van der Waals surface area contributed by atoms with E-state index >= 15 is 0 Å². The van der Waals surface area contributed by atoms with E-state index in [1.165, 1.54) is 0 Å². The minimum Gasteiger partial charge on any atom is -0.505 e. The Labute approximate surface area is 219 Å². The summed E-state index contributed by atoms with van der Waals surface area (Å²) >= 11 is 0. The van der Waals surface area contributed by atoms with Crippen molar-refractivity contribution < 1.29 is 19.8 Å². The number of pyridine rings is 3. The van der Waals surface area contributed by atoms with Gasteiger partial charge in [0.1, 0.15) is 0 Å². The maximum Gasteiger partial charge on any atom is 0.305 e. The van der Waals surface area contributed by atoms with Crippen molar-refractivity contribution in [1.29, 1.82) is 0 Å². The highest BCUT2D eigenvalue weighted by Crippen LogP contribution is 2.39. The molecule has 4 N–H and O–H groups in total. The average molecular weight is 515 g/mol. The molecule has 1 aromatic carbocycles. The molecule has 38 heavy (non-hydrogen) atoms. The number of aromatic amines is 1. The number of hydrogen-bond donors (Lipinski definition) is 4. The first-order valence-electron chi connectivity index (χ1n) is 12.6. The van der Waals surface area contributed by atoms with Crippen LogP contribution >= 0.6 is 0 Å². The van der Waals surface area contributed by atoms with Crippen molar-refractivity contribution in [3.63, 3.8) is 0 Å². The van der Waals surface area contributed by atoms with Gasteiger partial charge >= 0.3 is 5.97 Å². The summed E-state index contributed by atoms with van der Waals surface area (Å²) in [5.74, 6) is -1.90. The molecule has 3 aromatic heterocycles. The topological polar surface area (TPSA) is 145 Å². The number of aliphatic carboxylic acids is 1. The summed E-state index contributed by atoms with van der Waals surface area (Å²) in [7, 11) is 0. The van der Waals surface area contributed by atoms with Crippen LogP contribution < -0.4 is 10.9 Å². The number of carboxylic acid groups (broad SMARTS) is 1. The number of aromatic nitrogens is 3. The molecule has 0 bridgehead atoms. The number of fused-ring (bicyclic) bond motifs is 1. The third-order valence-corrected chi connectivity index (χ3v) is 6.74. The standard InChI is InChI=1S/C29H30N4O5/c1-3-17(4-2)16-20-22(18-8-6-5-7-9-18)28(37)33-25-23(20)27(36)26(29(38)31-15-12-21(34)35)32-24(25)19-10-13-30-14-11-19/h5-11,13-14,17,36H,3-4,12,15-16H2,1-2H3,(H,31,38)(H,33,37)(H,34,35). The van der Waals surface area contributed by atoms with E-state index in [9.17, 15) is 19.5 Å². The summed E-state index contributed by atoms with van der Waals surface area (Å²) in [6, 6.07) is 12.6. The Morgan fingerprint density at radius 2 is 1.71 bits per heavy atom. The first kappa shape index (κ1) is 26.5. The number of nitrogens with zero attached hydrogens (tertiary/aromatic N) is 2. The zero-order chi connectivity index (χ0) is 27.2. The molecular weight excluding hydrogens is 484 g/mol. The number of amides is 1. The van der Waals surface area contributed by atoms with Gasteiger partial charge in [0.15, 0.2) is 11.4 Å². The van der Waals surface area contributed by atoms with Gasteiger partial charge in [-0.15, -0.1) is 0 Å². The highest BCUT2D eigenvalue weighted by molar-refractivity contribution is 6.07. The molecule has 1 amide bonds.